The molecule has 1 unspecified atom stereocenters. The van der Waals surface area contributed by atoms with Crippen LogP contribution in [0.1, 0.15) is 35.2 Å². The number of hydrogen-bond acceptors (Lipinski definition) is 8. The standard InChI is InChI=1S/C36H38Cl2N6O6S/c1-22-19-23(2)41-34-26(22)5-3-7-30(34)50-20-27-28(37)12-13-31(33(27)38)51(47,48)44-14-4-6-29(44)36(46)43-17-15-42(16-18-43)32(45)21-49-25-10-8-24(9-11-25)35(39)40/h3,5,7-13,19,29H,4,6,14-18,20-21H2,1-2H3,(H3,39,40). The Balaban J connectivity index is 1.10. The zero-order valence-corrected chi connectivity index (χ0v) is 30.5. The number of benzene rings is 3. The molecule has 3 N–H and O–H groups in total. The Morgan fingerprint density at radius 2 is 1.67 bits per heavy atom. The van der Waals surface area contributed by atoms with Crippen LogP contribution in [-0.4, -0.2) is 90.5 Å². The molecule has 0 spiro atoms. The number of aryl methyl sites for hydroxylation is 2. The molecule has 51 heavy (non-hydrogen) atoms. The number of rotatable bonds is 10. The van der Waals surface area contributed by atoms with Crippen LogP contribution in [0.15, 0.2) is 65.6 Å². The summed E-state index contributed by atoms with van der Waals surface area (Å²) in [6, 6.07) is 16.1. The average molecular weight is 754 g/mol. The molecule has 12 nitrogen and oxygen atoms in total. The smallest absolute Gasteiger partial charge is 0.260 e. The van der Waals surface area contributed by atoms with Crippen molar-refractivity contribution in [2.24, 2.45) is 5.73 Å². The predicted molar refractivity (Wildman–Crippen MR) is 195 cm³/mol. The largest absolute Gasteiger partial charge is 0.487 e. The van der Waals surface area contributed by atoms with E-state index in [0.29, 0.717) is 41.0 Å². The minimum absolute atomic E-state index is 0.0619. The molecular formula is C36H38Cl2N6O6S. The van der Waals surface area contributed by atoms with Gasteiger partial charge in [0.25, 0.3) is 5.91 Å². The van der Waals surface area contributed by atoms with E-state index in [-0.39, 0.29) is 78.5 Å². The Kier molecular flexibility index (Phi) is 10.7. The van der Waals surface area contributed by atoms with E-state index in [2.05, 4.69) is 4.98 Å². The van der Waals surface area contributed by atoms with E-state index in [9.17, 15) is 18.0 Å². The second-order valence-electron chi connectivity index (χ2n) is 12.6. The summed E-state index contributed by atoms with van der Waals surface area (Å²) in [5, 5.41) is 8.60. The molecule has 3 heterocycles. The summed E-state index contributed by atoms with van der Waals surface area (Å²) in [6.07, 6.45) is 0.870. The quantitative estimate of drug-likeness (QED) is 0.171. The number of nitrogens with two attached hydrogens (primary N) is 1. The number of sulfonamides is 1. The maximum atomic E-state index is 14.1. The van der Waals surface area contributed by atoms with Gasteiger partial charge in [-0.2, -0.15) is 4.31 Å². The van der Waals surface area contributed by atoms with E-state index in [1.165, 1.54) is 16.4 Å². The number of halogens is 2. The molecule has 2 saturated heterocycles. The highest BCUT2D eigenvalue weighted by molar-refractivity contribution is 7.89. The van der Waals surface area contributed by atoms with Crippen LogP contribution in [0.25, 0.3) is 10.9 Å². The first-order valence-electron chi connectivity index (χ1n) is 16.5. The number of carbonyl (C=O) groups is 2. The molecule has 0 radical (unpaired) electrons. The van der Waals surface area contributed by atoms with Crippen molar-refractivity contribution in [3.8, 4) is 11.5 Å². The van der Waals surface area contributed by atoms with Crippen molar-refractivity contribution in [1.29, 1.82) is 5.41 Å². The summed E-state index contributed by atoms with van der Waals surface area (Å²) in [5.74, 6) is 0.375. The number of fused-ring (bicyclic) bond motifs is 1. The van der Waals surface area contributed by atoms with Crippen LogP contribution in [0.2, 0.25) is 10.0 Å². The van der Waals surface area contributed by atoms with Gasteiger partial charge in [0.05, 0.1) is 5.02 Å². The lowest BCUT2D eigenvalue weighted by Gasteiger charge is -2.37. The van der Waals surface area contributed by atoms with Crippen molar-refractivity contribution >= 4 is 61.8 Å². The molecule has 2 aliphatic rings. The Hall–Kier alpha value is -4.43. The van der Waals surface area contributed by atoms with Crippen molar-refractivity contribution in [3.63, 3.8) is 0 Å². The zero-order chi connectivity index (χ0) is 36.4. The number of para-hydroxylation sites is 1. The summed E-state index contributed by atoms with van der Waals surface area (Å²) in [5.41, 5.74) is 8.91. The zero-order valence-electron chi connectivity index (χ0n) is 28.2. The average Bonchev–Trinajstić information content (AvgIpc) is 3.62. The van der Waals surface area contributed by atoms with Crippen LogP contribution in [-0.2, 0) is 26.2 Å². The van der Waals surface area contributed by atoms with Gasteiger partial charge in [-0.05, 0) is 80.8 Å². The molecule has 0 aliphatic carbocycles. The molecule has 0 saturated carbocycles. The van der Waals surface area contributed by atoms with Gasteiger partial charge in [-0.15, -0.1) is 0 Å². The Labute approximate surface area is 306 Å². The molecule has 2 aliphatic heterocycles. The van der Waals surface area contributed by atoms with Crippen LogP contribution in [0.5, 0.6) is 11.5 Å². The Morgan fingerprint density at radius 1 is 0.961 bits per heavy atom. The number of aromatic nitrogens is 1. The number of piperazine rings is 1. The first kappa shape index (κ1) is 36.4. The summed E-state index contributed by atoms with van der Waals surface area (Å²) in [4.78, 5) is 34.3. The Morgan fingerprint density at radius 3 is 2.37 bits per heavy atom. The second-order valence-corrected chi connectivity index (χ2v) is 15.2. The van der Waals surface area contributed by atoms with Gasteiger partial charge in [0, 0.05) is 60.0 Å². The second kappa shape index (κ2) is 15.0. The number of hydrogen-bond donors (Lipinski definition) is 2. The molecule has 15 heteroatoms. The number of nitrogens with one attached hydrogen (secondary N) is 1. The van der Waals surface area contributed by atoms with E-state index in [1.54, 1.807) is 40.1 Å². The van der Waals surface area contributed by atoms with Crippen LogP contribution in [0, 0.1) is 19.3 Å². The van der Waals surface area contributed by atoms with Gasteiger partial charge in [-0.3, -0.25) is 15.0 Å². The highest BCUT2D eigenvalue weighted by atomic mass is 35.5. The fourth-order valence-electron chi connectivity index (χ4n) is 6.48. The summed E-state index contributed by atoms with van der Waals surface area (Å²) >= 11 is 13.3. The highest BCUT2D eigenvalue weighted by Gasteiger charge is 2.43. The van der Waals surface area contributed by atoms with Gasteiger partial charge in [0.2, 0.25) is 15.9 Å². The number of carbonyl (C=O) groups excluding carboxylic acids is 2. The number of pyridine rings is 1. The maximum Gasteiger partial charge on any atom is 0.260 e. The molecule has 2 amide bonds. The monoisotopic (exact) mass is 752 g/mol. The lowest BCUT2D eigenvalue weighted by Crippen LogP contribution is -2.55. The van der Waals surface area contributed by atoms with E-state index in [0.717, 1.165) is 16.6 Å². The van der Waals surface area contributed by atoms with E-state index in [4.69, 9.17) is 43.8 Å². The van der Waals surface area contributed by atoms with Gasteiger partial charge in [0.1, 0.15) is 40.4 Å². The SMILES string of the molecule is Cc1cc(C)c2cccc(OCc3c(Cl)ccc(S(=O)(=O)N4CCCC4C(=O)N4CCN(C(=O)COc5ccc(C(=N)N)cc5)CC4)c3Cl)c2n1. The van der Waals surface area contributed by atoms with Crippen LogP contribution >= 0.6 is 23.2 Å². The van der Waals surface area contributed by atoms with Crippen molar-refractivity contribution < 1.29 is 27.5 Å². The first-order valence-corrected chi connectivity index (χ1v) is 18.7. The van der Waals surface area contributed by atoms with E-state index in [1.807, 2.05) is 32.0 Å². The number of amidine groups is 1. The lowest BCUT2D eigenvalue weighted by atomic mass is 10.1. The molecule has 4 aromatic rings. The molecule has 268 valence electrons. The third kappa shape index (κ3) is 7.62. The van der Waals surface area contributed by atoms with Gasteiger partial charge in [-0.1, -0.05) is 35.3 Å². The normalized spacial score (nSPS) is 16.7. The van der Waals surface area contributed by atoms with Crippen LogP contribution in [0.4, 0.5) is 0 Å². The van der Waals surface area contributed by atoms with Crippen LogP contribution in [0.3, 0.4) is 0 Å². The van der Waals surface area contributed by atoms with E-state index < -0.39 is 16.1 Å². The molecule has 3 aromatic carbocycles. The summed E-state index contributed by atoms with van der Waals surface area (Å²) in [7, 11) is -4.21. The first-order chi connectivity index (χ1) is 24.3. The fourth-order valence-corrected chi connectivity index (χ4v) is 9.00. The number of nitrogen functional groups attached to an aromatic ring is 1. The van der Waals surface area contributed by atoms with Crippen LogP contribution < -0.4 is 15.2 Å². The van der Waals surface area contributed by atoms with Crippen molar-refractivity contribution in [1.82, 2.24) is 19.1 Å². The molecule has 1 atom stereocenters. The topological polar surface area (TPSA) is 159 Å². The third-order valence-corrected chi connectivity index (χ3v) is 12.1. The number of ether oxygens (including phenoxy) is 2. The minimum Gasteiger partial charge on any atom is -0.487 e. The van der Waals surface area contributed by atoms with E-state index >= 15 is 0 Å². The van der Waals surface area contributed by atoms with Gasteiger partial charge in [-0.25, -0.2) is 13.4 Å². The molecule has 1 aromatic heterocycles. The summed E-state index contributed by atoms with van der Waals surface area (Å²) in [6.45, 7) is 4.86. The van der Waals surface area contributed by atoms with Gasteiger partial charge in [0.15, 0.2) is 6.61 Å². The lowest BCUT2D eigenvalue weighted by molar-refractivity contribution is -0.142. The summed E-state index contributed by atoms with van der Waals surface area (Å²) < 4.78 is 41.2. The third-order valence-electron chi connectivity index (χ3n) is 9.21. The maximum absolute atomic E-state index is 14.1. The number of amides is 2. The van der Waals surface area contributed by atoms with Crippen molar-refractivity contribution in [2.75, 3.05) is 39.3 Å². The predicted octanol–water partition coefficient (Wildman–Crippen LogP) is 4.92. The van der Waals surface area contributed by atoms with Gasteiger partial charge >= 0.3 is 0 Å². The minimum atomic E-state index is -4.21. The molecule has 0 bridgehead atoms. The number of nitrogens with zero attached hydrogens (tertiary/aromatic N) is 4. The molecular weight excluding hydrogens is 715 g/mol. The van der Waals surface area contributed by atoms with Crippen molar-refractivity contribution in [3.05, 3.63) is 93.1 Å². The molecule has 2 fully saturated rings. The Bertz CT molecular complexity index is 2110. The molecule has 6 rings (SSSR count). The van der Waals surface area contributed by atoms with Gasteiger partial charge < -0.3 is 25.0 Å². The fraction of sp³-hybridized carbons (Fsp3) is 0.333. The van der Waals surface area contributed by atoms with Crippen molar-refractivity contribution in [2.45, 2.75) is 44.2 Å². The highest BCUT2D eigenvalue weighted by Crippen LogP contribution is 2.37.